The van der Waals surface area contributed by atoms with E-state index in [2.05, 4.69) is 15.3 Å². The highest BCUT2D eigenvalue weighted by molar-refractivity contribution is 6.35. The minimum atomic E-state index is -0.913. The van der Waals surface area contributed by atoms with E-state index in [4.69, 9.17) is 11.6 Å². The van der Waals surface area contributed by atoms with Crippen molar-refractivity contribution in [3.63, 3.8) is 0 Å². The smallest absolute Gasteiger partial charge is 0.304 e. The molecule has 0 spiro atoms. The Kier molecular flexibility index (Phi) is 6.57. The lowest BCUT2D eigenvalue weighted by atomic mass is 9.85. The minimum Gasteiger partial charge on any atom is -0.481 e. The number of aromatic nitrogens is 4. The van der Waals surface area contributed by atoms with Crippen molar-refractivity contribution < 1.29 is 14.7 Å². The van der Waals surface area contributed by atoms with Gasteiger partial charge in [0.25, 0.3) is 5.91 Å². The summed E-state index contributed by atoms with van der Waals surface area (Å²) in [5, 5.41) is 18.9. The molecule has 1 atom stereocenters. The van der Waals surface area contributed by atoms with Gasteiger partial charge in [-0.3, -0.25) is 14.6 Å². The van der Waals surface area contributed by atoms with Crippen molar-refractivity contribution in [1.29, 1.82) is 0 Å². The van der Waals surface area contributed by atoms with Crippen LogP contribution in [0.5, 0.6) is 0 Å². The summed E-state index contributed by atoms with van der Waals surface area (Å²) in [7, 11) is 0. The summed E-state index contributed by atoms with van der Waals surface area (Å²) < 4.78 is 1.87. The average Bonchev–Trinajstić information content (AvgIpc) is 3.34. The van der Waals surface area contributed by atoms with Crippen LogP contribution in [-0.2, 0) is 30.7 Å². The van der Waals surface area contributed by atoms with Crippen LogP contribution in [0.3, 0.4) is 0 Å². The summed E-state index contributed by atoms with van der Waals surface area (Å²) in [5.74, 6) is -1.46. The monoisotopic (exact) mass is 529 g/mol. The molecule has 0 saturated carbocycles. The summed E-state index contributed by atoms with van der Waals surface area (Å²) >= 11 is 6.87. The second kappa shape index (κ2) is 10.2. The number of carbonyl (C=O) groups is 2. The number of pyridine rings is 1. The highest BCUT2D eigenvalue weighted by Gasteiger charge is 2.27. The molecule has 194 valence electrons. The largest absolute Gasteiger partial charge is 0.481 e. The number of carboxylic acids is 1. The number of amides is 1. The number of benzene rings is 2. The van der Waals surface area contributed by atoms with E-state index < -0.39 is 11.9 Å². The van der Waals surface area contributed by atoms with Gasteiger partial charge in [0.2, 0.25) is 0 Å². The van der Waals surface area contributed by atoms with Crippen molar-refractivity contribution in [3.8, 4) is 0 Å². The van der Waals surface area contributed by atoms with Crippen LogP contribution in [-0.4, -0.2) is 48.4 Å². The molecule has 4 aromatic rings. The minimum absolute atomic E-state index is 0.0866. The highest BCUT2D eigenvalue weighted by Crippen LogP contribution is 2.38. The fourth-order valence-corrected chi connectivity index (χ4v) is 5.96. The number of halogens is 1. The Balaban J connectivity index is 1.44. The van der Waals surface area contributed by atoms with E-state index in [1.54, 1.807) is 0 Å². The summed E-state index contributed by atoms with van der Waals surface area (Å²) in [5.41, 5.74) is 6.75. The second-order valence-corrected chi connectivity index (χ2v) is 10.5. The van der Waals surface area contributed by atoms with Gasteiger partial charge >= 0.3 is 5.97 Å². The first-order valence-electron chi connectivity index (χ1n) is 13.1. The fraction of sp³-hybridized carbons (Fsp3) is 0.345. The van der Waals surface area contributed by atoms with Crippen LogP contribution in [0.4, 0.5) is 0 Å². The van der Waals surface area contributed by atoms with Crippen molar-refractivity contribution >= 4 is 34.5 Å². The van der Waals surface area contributed by atoms with Crippen LogP contribution in [0.25, 0.3) is 11.0 Å². The predicted octanol–water partition coefficient (Wildman–Crippen LogP) is 5.01. The van der Waals surface area contributed by atoms with Gasteiger partial charge < -0.3 is 10.0 Å². The van der Waals surface area contributed by atoms with E-state index in [0.29, 0.717) is 34.9 Å². The molecule has 9 heteroatoms. The van der Waals surface area contributed by atoms with E-state index >= 15 is 0 Å². The van der Waals surface area contributed by atoms with Crippen molar-refractivity contribution in [2.45, 2.75) is 57.5 Å². The normalized spacial score (nSPS) is 17.9. The van der Waals surface area contributed by atoms with Crippen molar-refractivity contribution in [2.24, 2.45) is 0 Å². The van der Waals surface area contributed by atoms with Gasteiger partial charge in [-0.1, -0.05) is 53.6 Å². The highest BCUT2D eigenvalue weighted by atomic mass is 35.5. The van der Waals surface area contributed by atoms with Crippen LogP contribution < -0.4 is 0 Å². The zero-order valence-corrected chi connectivity index (χ0v) is 21.7. The summed E-state index contributed by atoms with van der Waals surface area (Å²) in [6, 6.07) is 13.7. The Morgan fingerprint density at radius 3 is 2.74 bits per heavy atom. The molecule has 5 aliphatic rings. The number of aryl methyl sites for hydroxylation is 2. The number of rotatable bonds is 2. The fourth-order valence-electron chi connectivity index (χ4n) is 5.63. The number of carbonyl (C=O) groups excluding carboxylic acids is 1. The van der Waals surface area contributed by atoms with Crippen LogP contribution in [0.2, 0.25) is 5.02 Å². The lowest BCUT2D eigenvalue weighted by Gasteiger charge is -2.30. The van der Waals surface area contributed by atoms with Gasteiger partial charge in [-0.15, -0.1) is 5.10 Å². The molecule has 9 bridgehead atoms. The van der Waals surface area contributed by atoms with Gasteiger partial charge in [0.05, 0.1) is 17.0 Å². The molecule has 1 unspecified atom stereocenters. The first kappa shape index (κ1) is 24.6. The number of aliphatic carboxylic acids is 1. The third kappa shape index (κ3) is 4.65. The van der Waals surface area contributed by atoms with E-state index in [0.717, 1.165) is 66.4 Å². The standard InChI is InChI=1S/C29H28ClN5O3/c30-27-22-8-10-25-28(27)32-33-35(25)12-3-1-2-4-18-5-9-24(31-16-18)29(38)34-13-11-19-6-7-20(14-21(19)17-34)23(22)15-26(36)37/h5-10,14,16,23H,1-4,11-13,15,17H2,(H,36,37). The number of hydrogen-bond donors (Lipinski definition) is 1. The lowest BCUT2D eigenvalue weighted by molar-refractivity contribution is -0.137. The maximum atomic E-state index is 13.3. The zero-order valence-electron chi connectivity index (χ0n) is 20.9. The number of nitrogens with zero attached hydrogens (tertiary/aromatic N) is 5. The molecule has 0 fully saturated rings. The van der Waals surface area contributed by atoms with Crippen LogP contribution in [0.1, 0.15) is 69.9 Å². The quantitative estimate of drug-likeness (QED) is 0.391. The molecule has 2 aromatic carbocycles. The Morgan fingerprint density at radius 1 is 1.03 bits per heavy atom. The van der Waals surface area contributed by atoms with E-state index in [1.807, 2.05) is 58.2 Å². The van der Waals surface area contributed by atoms with Gasteiger partial charge in [0.15, 0.2) is 0 Å². The third-order valence-electron chi connectivity index (χ3n) is 7.72. The van der Waals surface area contributed by atoms with Crippen molar-refractivity contribution in [2.75, 3.05) is 6.54 Å². The Morgan fingerprint density at radius 2 is 1.92 bits per heavy atom. The van der Waals surface area contributed by atoms with Gasteiger partial charge in [0.1, 0.15) is 11.2 Å². The topological polar surface area (TPSA) is 101 Å². The Labute approximate surface area is 225 Å². The molecule has 5 aliphatic heterocycles. The van der Waals surface area contributed by atoms with E-state index in [-0.39, 0.29) is 12.3 Å². The molecule has 9 rings (SSSR count). The molecule has 0 radical (unpaired) electrons. The van der Waals surface area contributed by atoms with E-state index in [1.165, 1.54) is 0 Å². The molecule has 0 aliphatic carbocycles. The second-order valence-electron chi connectivity index (χ2n) is 10.2. The first-order valence-corrected chi connectivity index (χ1v) is 13.4. The molecule has 1 amide bonds. The summed E-state index contributed by atoms with van der Waals surface area (Å²) in [4.78, 5) is 31.5. The maximum Gasteiger partial charge on any atom is 0.304 e. The van der Waals surface area contributed by atoms with Gasteiger partial charge in [-0.25, -0.2) is 4.68 Å². The maximum absolute atomic E-state index is 13.3. The first-order chi connectivity index (χ1) is 18.5. The number of hydrogen-bond acceptors (Lipinski definition) is 5. The lowest BCUT2D eigenvalue weighted by Crippen LogP contribution is -2.36. The molecule has 8 nitrogen and oxygen atoms in total. The van der Waals surface area contributed by atoms with Gasteiger partial charge in [0, 0.05) is 31.7 Å². The summed E-state index contributed by atoms with van der Waals surface area (Å²) in [6.07, 6.45) is 6.30. The van der Waals surface area contributed by atoms with Crippen LogP contribution >= 0.6 is 11.6 Å². The van der Waals surface area contributed by atoms with Gasteiger partial charge in [-0.2, -0.15) is 0 Å². The molecule has 0 saturated heterocycles. The van der Waals surface area contributed by atoms with Crippen LogP contribution in [0, 0.1) is 0 Å². The van der Waals surface area contributed by atoms with Gasteiger partial charge in [-0.05, 0) is 65.6 Å². The molecule has 7 heterocycles. The van der Waals surface area contributed by atoms with E-state index in [9.17, 15) is 14.7 Å². The predicted molar refractivity (Wildman–Crippen MR) is 143 cm³/mol. The third-order valence-corrected chi connectivity index (χ3v) is 8.12. The van der Waals surface area contributed by atoms with Crippen LogP contribution in [0.15, 0.2) is 48.7 Å². The molecule has 2 aromatic heterocycles. The molecular weight excluding hydrogens is 502 g/mol. The zero-order chi connectivity index (χ0) is 26.2. The SMILES string of the molecule is O=C(O)CC1c2ccc3c(c2)CN(CC3)C(=O)c2ccc(cn2)CCCCCn2nnc3c(Cl)c1ccc32. The molecule has 38 heavy (non-hydrogen) atoms. The van der Waals surface area contributed by atoms with Crippen molar-refractivity contribution in [3.05, 3.63) is 87.2 Å². The van der Waals surface area contributed by atoms with Crippen molar-refractivity contribution in [1.82, 2.24) is 24.9 Å². The average molecular weight is 530 g/mol. The summed E-state index contributed by atoms with van der Waals surface area (Å²) in [6.45, 7) is 1.79. The molecule has 1 N–H and O–H groups in total. The molecular formula is C29H28ClN5O3. The Bertz CT molecular complexity index is 1530. The number of carboxylic acid groups (broad SMARTS) is 1. The Hall–Kier alpha value is -3.78.